The minimum atomic E-state index is 1.08. The molecule has 3 unspecified atom stereocenters. The van der Waals surface area contributed by atoms with Crippen molar-refractivity contribution in [1.29, 1.82) is 0 Å². The van der Waals surface area contributed by atoms with E-state index in [9.17, 15) is 0 Å². The topological polar surface area (TPSA) is 0 Å². The van der Waals surface area contributed by atoms with E-state index >= 15 is 0 Å². The molecule has 0 aromatic carbocycles. The molecule has 0 aromatic heterocycles. The molecule has 0 N–H and O–H groups in total. The summed E-state index contributed by atoms with van der Waals surface area (Å²) in [4.78, 5) is 0. The van der Waals surface area contributed by atoms with Gasteiger partial charge in [-0.2, -0.15) is 0 Å². The molecule has 3 rings (SSSR count). The molecule has 0 amide bonds. The van der Waals surface area contributed by atoms with E-state index in [4.69, 9.17) is 0 Å². The molecule has 5 atom stereocenters. The van der Waals surface area contributed by atoms with Crippen LogP contribution in [0.15, 0.2) is 0 Å². The smallest absolute Gasteiger partial charge is 0.0329 e. The van der Waals surface area contributed by atoms with E-state index in [2.05, 4.69) is 6.92 Å². The highest BCUT2D eigenvalue weighted by molar-refractivity contribution is 5.01. The highest BCUT2D eigenvalue weighted by atomic mass is 14.6. The van der Waals surface area contributed by atoms with Crippen molar-refractivity contribution in [2.24, 2.45) is 29.6 Å². The van der Waals surface area contributed by atoms with Crippen LogP contribution in [0.4, 0.5) is 0 Å². The molecule has 62 valence electrons. The largest absolute Gasteiger partial charge is 0.0622 e. The molecule has 0 aliphatic heterocycles. The lowest BCUT2D eigenvalue weighted by Crippen LogP contribution is -2.20. The van der Waals surface area contributed by atoms with Crippen molar-refractivity contribution >= 4 is 0 Å². The quantitative estimate of drug-likeness (QED) is 0.498. The Balaban J connectivity index is 1.91. The van der Waals surface area contributed by atoms with Gasteiger partial charge in [0.1, 0.15) is 0 Å². The third kappa shape index (κ3) is 0.711. The maximum absolute atomic E-state index is 2.49. The van der Waals surface area contributed by atoms with E-state index in [1.807, 2.05) is 0 Å². The lowest BCUT2D eigenvalue weighted by atomic mass is 9.79. The minimum Gasteiger partial charge on any atom is -0.0622 e. The van der Waals surface area contributed by atoms with E-state index in [0.29, 0.717) is 0 Å². The molecule has 0 aromatic rings. The molecule has 3 aliphatic rings. The summed E-state index contributed by atoms with van der Waals surface area (Å²) in [6, 6.07) is 0. The van der Waals surface area contributed by atoms with E-state index in [-0.39, 0.29) is 0 Å². The lowest BCUT2D eigenvalue weighted by molar-refractivity contribution is 0.221. The summed E-state index contributed by atoms with van der Waals surface area (Å²) in [5, 5.41) is 0. The van der Waals surface area contributed by atoms with Gasteiger partial charge in [0.2, 0.25) is 0 Å². The molecule has 0 nitrogen and oxygen atoms in total. The summed E-state index contributed by atoms with van der Waals surface area (Å²) in [5.74, 6) is 5.78. The number of rotatable bonds is 0. The van der Waals surface area contributed by atoms with Gasteiger partial charge in [-0.25, -0.2) is 0 Å². The Morgan fingerprint density at radius 2 is 1.73 bits per heavy atom. The average molecular weight is 150 g/mol. The van der Waals surface area contributed by atoms with E-state index in [0.717, 1.165) is 5.92 Å². The zero-order chi connectivity index (χ0) is 7.42. The van der Waals surface area contributed by atoms with Crippen molar-refractivity contribution in [2.45, 2.75) is 39.0 Å². The normalized spacial score (nSPS) is 60.3. The molecule has 0 saturated heterocycles. The van der Waals surface area contributed by atoms with Crippen LogP contribution in [0.3, 0.4) is 0 Å². The van der Waals surface area contributed by atoms with Crippen molar-refractivity contribution in [2.75, 3.05) is 0 Å². The van der Waals surface area contributed by atoms with E-state index in [1.54, 1.807) is 32.1 Å². The van der Waals surface area contributed by atoms with Crippen molar-refractivity contribution in [1.82, 2.24) is 0 Å². The Morgan fingerprint density at radius 1 is 0.909 bits per heavy atom. The SMILES string of the molecule is CC1CC[C@H]2C3CCC(C3)[C@@H]12. The second kappa shape index (κ2) is 2.02. The van der Waals surface area contributed by atoms with Gasteiger partial charge in [-0.05, 0) is 55.3 Å². The minimum absolute atomic E-state index is 1.08. The van der Waals surface area contributed by atoms with Crippen molar-refractivity contribution < 1.29 is 0 Å². The zero-order valence-corrected chi connectivity index (χ0v) is 7.42. The maximum atomic E-state index is 2.49. The van der Waals surface area contributed by atoms with Gasteiger partial charge in [0.05, 0.1) is 0 Å². The van der Waals surface area contributed by atoms with Crippen LogP contribution in [-0.4, -0.2) is 0 Å². The van der Waals surface area contributed by atoms with Gasteiger partial charge >= 0.3 is 0 Å². The predicted octanol–water partition coefficient (Wildman–Crippen LogP) is 3.08. The fourth-order valence-electron chi connectivity index (χ4n) is 4.42. The second-order valence-corrected chi connectivity index (χ2v) is 5.13. The molecule has 3 fully saturated rings. The molecular weight excluding hydrogens is 132 g/mol. The Labute approximate surface area is 69.4 Å². The Morgan fingerprint density at radius 3 is 2.55 bits per heavy atom. The molecular formula is C11H18. The van der Waals surface area contributed by atoms with Gasteiger partial charge in [0.25, 0.3) is 0 Å². The summed E-state index contributed by atoms with van der Waals surface area (Å²) >= 11 is 0. The molecule has 0 spiro atoms. The van der Waals surface area contributed by atoms with Crippen LogP contribution in [0.1, 0.15) is 39.0 Å². The summed E-state index contributed by atoms with van der Waals surface area (Å²) in [7, 11) is 0. The maximum Gasteiger partial charge on any atom is -0.0329 e. The summed E-state index contributed by atoms with van der Waals surface area (Å²) in [6.07, 6.45) is 7.89. The molecule has 0 radical (unpaired) electrons. The highest BCUT2D eigenvalue weighted by Gasteiger charge is 2.51. The molecule has 2 bridgehead atoms. The lowest BCUT2D eigenvalue weighted by Gasteiger charge is -2.27. The van der Waals surface area contributed by atoms with Gasteiger partial charge in [0.15, 0.2) is 0 Å². The van der Waals surface area contributed by atoms with Crippen molar-refractivity contribution in [3.05, 3.63) is 0 Å². The molecule has 3 aliphatic carbocycles. The average Bonchev–Trinajstić information content (AvgIpc) is 2.60. The monoisotopic (exact) mass is 150 g/mol. The van der Waals surface area contributed by atoms with Crippen molar-refractivity contribution in [3.8, 4) is 0 Å². The van der Waals surface area contributed by atoms with Crippen LogP contribution in [0.25, 0.3) is 0 Å². The Kier molecular flexibility index (Phi) is 1.20. The summed E-state index contributed by atoms with van der Waals surface area (Å²) < 4.78 is 0. The zero-order valence-electron chi connectivity index (χ0n) is 7.42. The number of hydrogen-bond acceptors (Lipinski definition) is 0. The highest BCUT2D eigenvalue weighted by Crippen LogP contribution is 2.60. The van der Waals surface area contributed by atoms with E-state index in [1.165, 1.54) is 23.7 Å². The predicted molar refractivity (Wildman–Crippen MR) is 46.2 cm³/mol. The molecule has 11 heavy (non-hydrogen) atoms. The van der Waals surface area contributed by atoms with Gasteiger partial charge in [-0.1, -0.05) is 13.3 Å². The molecule has 3 saturated carbocycles. The van der Waals surface area contributed by atoms with E-state index < -0.39 is 0 Å². The Hall–Kier alpha value is 0. The fraction of sp³-hybridized carbons (Fsp3) is 1.00. The van der Waals surface area contributed by atoms with Gasteiger partial charge in [-0.15, -0.1) is 0 Å². The summed E-state index contributed by atoms with van der Waals surface area (Å²) in [5.41, 5.74) is 0. The third-order valence-corrected chi connectivity index (χ3v) is 4.77. The first-order valence-corrected chi connectivity index (χ1v) is 5.36. The molecule has 0 heterocycles. The van der Waals surface area contributed by atoms with Crippen LogP contribution >= 0.6 is 0 Å². The summed E-state index contributed by atoms with van der Waals surface area (Å²) in [6.45, 7) is 2.49. The van der Waals surface area contributed by atoms with Gasteiger partial charge in [-0.3, -0.25) is 0 Å². The first-order valence-electron chi connectivity index (χ1n) is 5.36. The van der Waals surface area contributed by atoms with Crippen LogP contribution in [0.2, 0.25) is 0 Å². The number of hydrogen-bond donors (Lipinski definition) is 0. The van der Waals surface area contributed by atoms with Gasteiger partial charge in [0, 0.05) is 0 Å². The fourth-order valence-corrected chi connectivity index (χ4v) is 4.42. The van der Waals surface area contributed by atoms with Crippen LogP contribution < -0.4 is 0 Å². The van der Waals surface area contributed by atoms with Crippen LogP contribution in [0.5, 0.6) is 0 Å². The standard InChI is InChI=1S/C11H18/c1-7-2-5-10-8-3-4-9(6-8)11(7)10/h7-11H,2-6H2,1H3/t7?,8?,9?,10-,11+/m0/s1. The first kappa shape index (κ1) is 6.51. The first-order chi connectivity index (χ1) is 5.36. The van der Waals surface area contributed by atoms with Gasteiger partial charge < -0.3 is 0 Å². The molecule has 0 heteroatoms. The number of fused-ring (bicyclic) bond motifs is 5. The third-order valence-electron chi connectivity index (χ3n) is 4.77. The Bertz CT molecular complexity index is 173. The second-order valence-electron chi connectivity index (χ2n) is 5.13. The van der Waals surface area contributed by atoms with Crippen LogP contribution in [-0.2, 0) is 0 Å². The van der Waals surface area contributed by atoms with Crippen LogP contribution in [0, 0.1) is 29.6 Å². The van der Waals surface area contributed by atoms with Crippen molar-refractivity contribution in [3.63, 3.8) is 0 Å².